The monoisotopic (exact) mass is 354 g/mol. The standard InChI is InChI=1S/C22H30N2O2/c1-17(2)15-25-20-7-5-6-18(12-20)13-22(21-8-3-4-10-24-21)26-16-19-9-11-23-14-19/h3-8,10,12,17,19,22-23H,9,11,13-16H2,1-2H3. The zero-order chi connectivity index (χ0) is 18.2. The minimum atomic E-state index is -0.0304. The summed E-state index contributed by atoms with van der Waals surface area (Å²) in [5.41, 5.74) is 2.21. The number of hydrogen-bond acceptors (Lipinski definition) is 4. The Labute approximate surface area is 156 Å². The third-order valence-electron chi connectivity index (χ3n) is 4.62. The molecule has 4 heteroatoms. The first-order chi connectivity index (χ1) is 12.7. The molecule has 1 N–H and O–H groups in total. The molecule has 1 aliphatic rings. The molecule has 1 aromatic carbocycles. The van der Waals surface area contributed by atoms with Crippen molar-refractivity contribution >= 4 is 0 Å². The summed E-state index contributed by atoms with van der Waals surface area (Å²) < 4.78 is 12.2. The van der Waals surface area contributed by atoms with Gasteiger partial charge in [-0.3, -0.25) is 4.98 Å². The van der Waals surface area contributed by atoms with E-state index in [4.69, 9.17) is 9.47 Å². The van der Waals surface area contributed by atoms with Crippen LogP contribution in [0.4, 0.5) is 0 Å². The van der Waals surface area contributed by atoms with Gasteiger partial charge in [0, 0.05) is 19.2 Å². The van der Waals surface area contributed by atoms with Gasteiger partial charge in [-0.15, -0.1) is 0 Å². The van der Waals surface area contributed by atoms with Gasteiger partial charge in [0.05, 0.1) is 18.9 Å². The van der Waals surface area contributed by atoms with E-state index in [1.807, 2.05) is 24.4 Å². The Balaban J connectivity index is 1.67. The number of pyridine rings is 1. The zero-order valence-electron chi connectivity index (χ0n) is 15.9. The van der Waals surface area contributed by atoms with E-state index in [1.54, 1.807) is 0 Å². The van der Waals surface area contributed by atoms with Gasteiger partial charge in [0.15, 0.2) is 0 Å². The predicted octanol–water partition coefficient (Wildman–Crippen LogP) is 4.03. The Morgan fingerprint density at radius 1 is 1.19 bits per heavy atom. The van der Waals surface area contributed by atoms with E-state index in [-0.39, 0.29) is 6.10 Å². The Morgan fingerprint density at radius 2 is 2.12 bits per heavy atom. The third kappa shape index (κ3) is 5.82. The van der Waals surface area contributed by atoms with Crippen molar-refractivity contribution in [3.63, 3.8) is 0 Å². The molecule has 26 heavy (non-hydrogen) atoms. The average Bonchev–Trinajstić information content (AvgIpc) is 3.18. The molecule has 3 rings (SSSR count). The van der Waals surface area contributed by atoms with Gasteiger partial charge < -0.3 is 14.8 Å². The van der Waals surface area contributed by atoms with Crippen LogP contribution in [0.3, 0.4) is 0 Å². The summed E-state index contributed by atoms with van der Waals surface area (Å²) in [5, 5.41) is 3.40. The minimum Gasteiger partial charge on any atom is -0.493 e. The first-order valence-electron chi connectivity index (χ1n) is 9.65. The van der Waals surface area contributed by atoms with Crippen molar-refractivity contribution in [3.05, 3.63) is 59.9 Å². The molecule has 0 amide bonds. The van der Waals surface area contributed by atoms with E-state index in [1.165, 1.54) is 12.0 Å². The van der Waals surface area contributed by atoms with Crippen LogP contribution in [0.5, 0.6) is 5.75 Å². The fourth-order valence-corrected chi connectivity index (χ4v) is 3.16. The summed E-state index contributed by atoms with van der Waals surface area (Å²) in [6.45, 7) is 7.97. The van der Waals surface area contributed by atoms with Gasteiger partial charge >= 0.3 is 0 Å². The highest BCUT2D eigenvalue weighted by Crippen LogP contribution is 2.24. The van der Waals surface area contributed by atoms with Gasteiger partial charge in [-0.25, -0.2) is 0 Å². The molecule has 0 spiro atoms. The molecule has 0 saturated carbocycles. The number of nitrogens with zero attached hydrogens (tertiary/aromatic N) is 1. The second-order valence-electron chi connectivity index (χ2n) is 7.49. The number of benzene rings is 1. The van der Waals surface area contributed by atoms with Gasteiger partial charge in [0.25, 0.3) is 0 Å². The van der Waals surface area contributed by atoms with Crippen LogP contribution in [0.2, 0.25) is 0 Å². The van der Waals surface area contributed by atoms with Crippen molar-refractivity contribution < 1.29 is 9.47 Å². The van der Waals surface area contributed by atoms with Crippen molar-refractivity contribution in [1.82, 2.24) is 10.3 Å². The van der Waals surface area contributed by atoms with E-state index in [0.717, 1.165) is 44.2 Å². The smallest absolute Gasteiger partial charge is 0.119 e. The van der Waals surface area contributed by atoms with Gasteiger partial charge in [-0.05, 0) is 54.6 Å². The van der Waals surface area contributed by atoms with Crippen LogP contribution in [0.25, 0.3) is 0 Å². The maximum absolute atomic E-state index is 6.31. The molecule has 0 bridgehead atoms. The second kappa shape index (κ2) is 9.70. The van der Waals surface area contributed by atoms with E-state index in [0.29, 0.717) is 11.8 Å². The summed E-state index contributed by atoms with van der Waals surface area (Å²) in [6.07, 6.45) is 3.80. The summed E-state index contributed by atoms with van der Waals surface area (Å²) in [7, 11) is 0. The van der Waals surface area contributed by atoms with Crippen LogP contribution in [0, 0.1) is 11.8 Å². The van der Waals surface area contributed by atoms with E-state index < -0.39 is 0 Å². The molecule has 1 fully saturated rings. The number of hydrogen-bond donors (Lipinski definition) is 1. The lowest BCUT2D eigenvalue weighted by molar-refractivity contribution is 0.0294. The van der Waals surface area contributed by atoms with Crippen molar-refractivity contribution in [1.29, 1.82) is 0 Å². The average molecular weight is 354 g/mol. The molecule has 1 saturated heterocycles. The number of aromatic nitrogens is 1. The molecule has 2 unspecified atom stereocenters. The predicted molar refractivity (Wildman–Crippen MR) is 104 cm³/mol. The first-order valence-corrected chi connectivity index (χ1v) is 9.65. The van der Waals surface area contributed by atoms with Crippen LogP contribution >= 0.6 is 0 Å². The fraction of sp³-hybridized carbons (Fsp3) is 0.500. The maximum atomic E-state index is 6.31. The quantitative estimate of drug-likeness (QED) is 0.738. The molecule has 0 radical (unpaired) electrons. The van der Waals surface area contributed by atoms with E-state index in [9.17, 15) is 0 Å². The highest BCUT2D eigenvalue weighted by atomic mass is 16.5. The van der Waals surface area contributed by atoms with Crippen molar-refractivity contribution in [3.8, 4) is 5.75 Å². The number of nitrogens with one attached hydrogen (secondary N) is 1. The van der Waals surface area contributed by atoms with E-state index in [2.05, 4.69) is 48.4 Å². The van der Waals surface area contributed by atoms with Crippen LogP contribution in [0.15, 0.2) is 48.7 Å². The Hall–Kier alpha value is -1.91. The molecule has 1 aromatic heterocycles. The second-order valence-corrected chi connectivity index (χ2v) is 7.49. The first kappa shape index (κ1) is 18.9. The molecule has 1 aliphatic heterocycles. The van der Waals surface area contributed by atoms with Gasteiger partial charge in [0.1, 0.15) is 11.9 Å². The summed E-state index contributed by atoms with van der Waals surface area (Å²) >= 11 is 0. The van der Waals surface area contributed by atoms with Crippen LogP contribution in [-0.4, -0.2) is 31.3 Å². The lowest BCUT2D eigenvalue weighted by atomic mass is 10.0. The third-order valence-corrected chi connectivity index (χ3v) is 4.62. The molecule has 2 atom stereocenters. The number of rotatable bonds is 9. The Kier molecular flexibility index (Phi) is 7.04. The maximum Gasteiger partial charge on any atom is 0.119 e. The van der Waals surface area contributed by atoms with Crippen LogP contribution < -0.4 is 10.1 Å². The molecule has 4 nitrogen and oxygen atoms in total. The van der Waals surface area contributed by atoms with E-state index >= 15 is 0 Å². The fourth-order valence-electron chi connectivity index (χ4n) is 3.16. The van der Waals surface area contributed by atoms with Crippen molar-refractivity contribution in [2.24, 2.45) is 11.8 Å². The van der Waals surface area contributed by atoms with Gasteiger partial charge in [0.2, 0.25) is 0 Å². The molecular formula is C22H30N2O2. The Morgan fingerprint density at radius 3 is 2.85 bits per heavy atom. The molecule has 140 valence electrons. The molecular weight excluding hydrogens is 324 g/mol. The zero-order valence-corrected chi connectivity index (χ0v) is 15.9. The summed E-state index contributed by atoms with van der Waals surface area (Å²) in [4.78, 5) is 4.53. The topological polar surface area (TPSA) is 43.4 Å². The van der Waals surface area contributed by atoms with Crippen LogP contribution in [-0.2, 0) is 11.2 Å². The highest BCUT2D eigenvalue weighted by molar-refractivity contribution is 5.29. The normalized spacial score (nSPS) is 18.2. The Bertz CT molecular complexity index is 654. The SMILES string of the molecule is CC(C)COc1cccc(CC(OCC2CCNC2)c2ccccn2)c1. The van der Waals surface area contributed by atoms with Crippen LogP contribution in [0.1, 0.15) is 37.6 Å². The lowest BCUT2D eigenvalue weighted by Crippen LogP contribution is -2.18. The molecule has 2 heterocycles. The highest BCUT2D eigenvalue weighted by Gasteiger charge is 2.20. The van der Waals surface area contributed by atoms with Crippen molar-refractivity contribution in [2.75, 3.05) is 26.3 Å². The molecule has 0 aliphatic carbocycles. The minimum absolute atomic E-state index is 0.0304. The van der Waals surface area contributed by atoms with Gasteiger partial charge in [-0.2, -0.15) is 0 Å². The summed E-state index contributed by atoms with van der Waals surface area (Å²) in [5.74, 6) is 2.04. The largest absolute Gasteiger partial charge is 0.493 e. The lowest BCUT2D eigenvalue weighted by Gasteiger charge is -2.20. The number of ether oxygens (including phenoxy) is 2. The van der Waals surface area contributed by atoms with Gasteiger partial charge in [-0.1, -0.05) is 32.0 Å². The van der Waals surface area contributed by atoms with Crippen molar-refractivity contribution in [2.45, 2.75) is 32.8 Å². The summed E-state index contributed by atoms with van der Waals surface area (Å²) in [6, 6.07) is 14.4. The molecule has 2 aromatic rings.